The lowest BCUT2D eigenvalue weighted by molar-refractivity contribution is -0.133. The van der Waals surface area contributed by atoms with Crippen LogP contribution in [0.25, 0.3) is 0 Å². The minimum absolute atomic E-state index is 0.503. The Balaban J connectivity index is 1.58. The third kappa shape index (κ3) is 2.47. The number of rotatable bonds is 5. The zero-order valence-electron chi connectivity index (χ0n) is 12.8. The molecule has 0 radical (unpaired) electrons. The fraction of sp³-hybridized carbons (Fsp3) is 1.00. The van der Waals surface area contributed by atoms with E-state index in [1.54, 1.807) is 0 Å². The molecule has 3 fully saturated rings. The molecule has 3 aliphatic carbocycles. The molecule has 0 bridgehead atoms. The molecule has 3 aliphatic rings. The lowest BCUT2D eigenvalue weighted by Crippen LogP contribution is -2.64. The van der Waals surface area contributed by atoms with Gasteiger partial charge in [-0.3, -0.25) is 0 Å². The van der Waals surface area contributed by atoms with E-state index in [-0.39, 0.29) is 0 Å². The molecule has 2 unspecified atom stereocenters. The van der Waals surface area contributed by atoms with E-state index in [0.717, 1.165) is 18.6 Å². The predicted octanol–water partition coefficient (Wildman–Crippen LogP) is 3.89. The molecular formula is C17H31NO. The molecule has 19 heavy (non-hydrogen) atoms. The standard InChI is InChI=1S/C17H31NO/c1-3-19-16-12-15(17(16)10-6-7-11-17)18-13(2)14-8-4-5-9-14/h13-16,18H,3-12H2,1-2H3/t13-,15?,16?/m1/s1. The highest BCUT2D eigenvalue weighted by atomic mass is 16.5. The molecule has 1 spiro atoms. The van der Waals surface area contributed by atoms with Crippen molar-refractivity contribution in [2.45, 2.75) is 89.8 Å². The molecular weight excluding hydrogens is 234 g/mol. The van der Waals surface area contributed by atoms with Gasteiger partial charge in [0.15, 0.2) is 0 Å². The summed E-state index contributed by atoms with van der Waals surface area (Å²) in [5, 5.41) is 4.00. The molecule has 0 aromatic heterocycles. The lowest BCUT2D eigenvalue weighted by atomic mass is 9.60. The topological polar surface area (TPSA) is 21.3 Å². The lowest BCUT2D eigenvalue weighted by Gasteiger charge is -2.55. The van der Waals surface area contributed by atoms with Gasteiger partial charge >= 0.3 is 0 Å². The first-order valence-electron chi connectivity index (χ1n) is 8.64. The van der Waals surface area contributed by atoms with Gasteiger partial charge in [0, 0.05) is 24.1 Å². The summed E-state index contributed by atoms with van der Waals surface area (Å²) in [6, 6.07) is 1.45. The summed E-state index contributed by atoms with van der Waals surface area (Å²) in [7, 11) is 0. The summed E-state index contributed by atoms with van der Waals surface area (Å²) in [5.41, 5.74) is 0.503. The van der Waals surface area contributed by atoms with Crippen molar-refractivity contribution in [3.05, 3.63) is 0 Å². The van der Waals surface area contributed by atoms with Crippen LogP contribution in [0.5, 0.6) is 0 Å². The van der Waals surface area contributed by atoms with Crippen molar-refractivity contribution in [2.24, 2.45) is 11.3 Å². The van der Waals surface area contributed by atoms with Gasteiger partial charge in [-0.25, -0.2) is 0 Å². The molecule has 2 nitrogen and oxygen atoms in total. The van der Waals surface area contributed by atoms with E-state index in [1.165, 1.54) is 57.8 Å². The Morgan fingerprint density at radius 3 is 2.47 bits per heavy atom. The van der Waals surface area contributed by atoms with Crippen LogP contribution in [0.3, 0.4) is 0 Å². The molecule has 1 N–H and O–H groups in total. The van der Waals surface area contributed by atoms with Gasteiger partial charge in [-0.2, -0.15) is 0 Å². The van der Waals surface area contributed by atoms with Crippen molar-refractivity contribution in [1.29, 1.82) is 0 Å². The molecule has 3 saturated carbocycles. The highest BCUT2D eigenvalue weighted by Gasteiger charge is 2.56. The van der Waals surface area contributed by atoms with Gasteiger partial charge in [0.05, 0.1) is 6.10 Å². The Hall–Kier alpha value is -0.0800. The van der Waals surface area contributed by atoms with E-state index >= 15 is 0 Å². The van der Waals surface area contributed by atoms with Crippen LogP contribution in [-0.2, 0) is 4.74 Å². The van der Waals surface area contributed by atoms with E-state index in [1.807, 2.05) is 0 Å². The van der Waals surface area contributed by atoms with Crippen LogP contribution in [-0.4, -0.2) is 24.8 Å². The molecule has 0 aromatic carbocycles. The molecule has 0 aliphatic heterocycles. The summed E-state index contributed by atoms with van der Waals surface area (Å²) in [6.07, 6.45) is 13.2. The van der Waals surface area contributed by atoms with Gasteiger partial charge in [-0.15, -0.1) is 0 Å². The third-order valence-corrected chi connectivity index (χ3v) is 6.26. The van der Waals surface area contributed by atoms with Gasteiger partial charge in [-0.05, 0) is 51.9 Å². The zero-order valence-corrected chi connectivity index (χ0v) is 12.8. The van der Waals surface area contributed by atoms with E-state index < -0.39 is 0 Å². The van der Waals surface area contributed by atoms with E-state index in [0.29, 0.717) is 17.6 Å². The summed E-state index contributed by atoms with van der Waals surface area (Å²) in [5.74, 6) is 0.935. The van der Waals surface area contributed by atoms with Crippen LogP contribution in [0.15, 0.2) is 0 Å². The summed E-state index contributed by atoms with van der Waals surface area (Å²) in [6.45, 7) is 5.45. The second-order valence-corrected chi connectivity index (χ2v) is 7.17. The Morgan fingerprint density at radius 2 is 1.84 bits per heavy atom. The van der Waals surface area contributed by atoms with Crippen LogP contribution in [0.2, 0.25) is 0 Å². The maximum Gasteiger partial charge on any atom is 0.0661 e. The van der Waals surface area contributed by atoms with Gasteiger partial charge in [0.2, 0.25) is 0 Å². The second-order valence-electron chi connectivity index (χ2n) is 7.17. The van der Waals surface area contributed by atoms with Crippen LogP contribution in [0.4, 0.5) is 0 Å². The first-order chi connectivity index (χ1) is 9.26. The highest BCUT2D eigenvalue weighted by Crippen LogP contribution is 2.55. The predicted molar refractivity (Wildman–Crippen MR) is 79.3 cm³/mol. The first kappa shape index (κ1) is 13.9. The average Bonchev–Trinajstić information content (AvgIpc) is 3.09. The van der Waals surface area contributed by atoms with Crippen molar-refractivity contribution >= 4 is 0 Å². The van der Waals surface area contributed by atoms with Crippen molar-refractivity contribution in [3.63, 3.8) is 0 Å². The summed E-state index contributed by atoms with van der Waals surface area (Å²) < 4.78 is 6.01. The minimum Gasteiger partial charge on any atom is -0.378 e. The minimum atomic E-state index is 0.503. The molecule has 3 atom stereocenters. The number of hydrogen-bond donors (Lipinski definition) is 1. The molecule has 2 heteroatoms. The van der Waals surface area contributed by atoms with Crippen molar-refractivity contribution in [2.75, 3.05) is 6.61 Å². The van der Waals surface area contributed by atoms with Gasteiger partial charge in [0.25, 0.3) is 0 Å². The SMILES string of the molecule is CCOC1CC(N[C@H](C)C2CCCC2)C12CCCC2. The Bertz CT molecular complexity index is 292. The highest BCUT2D eigenvalue weighted by molar-refractivity contribution is 5.10. The number of nitrogens with one attached hydrogen (secondary N) is 1. The first-order valence-corrected chi connectivity index (χ1v) is 8.64. The van der Waals surface area contributed by atoms with Crippen LogP contribution >= 0.6 is 0 Å². The monoisotopic (exact) mass is 265 g/mol. The average molecular weight is 265 g/mol. The number of hydrogen-bond acceptors (Lipinski definition) is 2. The fourth-order valence-electron chi connectivity index (χ4n) is 5.03. The molecule has 0 saturated heterocycles. The zero-order chi connectivity index (χ0) is 13.3. The maximum atomic E-state index is 6.01. The van der Waals surface area contributed by atoms with E-state index in [9.17, 15) is 0 Å². The molecule has 0 amide bonds. The van der Waals surface area contributed by atoms with Gasteiger partial charge < -0.3 is 10.1 Å². The molecule has 0 heterocycles. The maximum absolute atomic E-state index is 6.01. The Labute approximate surface area is 118 Å². The van der Waals surface area contributed by atoms with Gasteiger partial charge in [0.1, 0.15) is 0 Å². The fourth-order valence-corrected chi connectivity index (χ4v) is 5.03. The second kappa shape index (κ2) is 5.73. The van der Waals surface area contributed by atoms with Crippen LogP contribution in [0.1, 0.15) is 71.6 Å². The van der Waals surface area contributed by atoms with Crippen molar-refractivity contribution in [1.82, 2.24) is 5.32 Å². The number of ether oxygens (including phenoxy) is 1. The molecule has 3 rings (SSSR count). The normalized spacial score (nSPS) is 35.7. The van der Waals surface area contributed by atoms with Gasteiger partial charge in [-0.1, -0.05) is 25.7 Å². The Morgan fingerprint density at radius 1 is 1.16 bits per heavy atom. The molecule has 110 valence electrons. The summed E-state index contributed by atoms with van der Waals surface area (Å²) in [4.78, 5) is 0. The third-order valence-electron chi connectivity index (χ3n) is 6.26. The van der Waals surface area contributed by atoms with E-state index in [4.69, 9.17) is 4.74 Å². The quantitative estimate of drug-likeness (QED) is 0.814. The van der Waals surface area contributed by atoms with E-state index in [2.05, 4.69) is 19.2 Å². The van der Waals surface area contributed by atoms with Crippen molar-refractivity contribution < 1.29 is 4.74 Å². The van der Waals surface area contributed by atoms with Crippen molar-refractivity contribution in [3.8, 4) is 0 Å². The smallest absolute Gasteiger partial charge is 0.0661 e. The molecule has 0 aromatic rings. The largest absolute Gasteiger partial charge is 0.378 e. The van der Waals surface area contributed by atoms with Crippen LogP contribution < -0.4 is 5.32 Å². The Kier molecular flexibility index (Phi) is 4.19. The van der Waals surface area contributed by atoms with Crippen LogP contribution in [0, 0.1) is 11.3 Å². The summed E-state index contributed by atoms with van der Waals surface area (Å²) >= 11 is 0.